The molecule has 0 saturated heterocycles. The summed E-state index contributed by atoms with van der Waals surface area (Å²) in [5.74, 6) is -0.165. The molecule has 1 amide bonds. The fourth-order valence-electron chi connectivity index (χ4n) is 1.46. The summed E-state index contributed by atoms with van der Waals surface area (Å²) in [6.07, 6.45) is 0.778. The number of nitrogens with one attached hydrogen (secondary N) is 1. The first-order chi connectivity index (χ1) is 8.15. The second kappa shape index (κ2) is 7.30. The molecule has 1 aromatic rings. The van der Waals surface area contributed by atoms with Crippen LogP contribution in [0.15, 0.2) is 30.3 Å². The Kier molecular flexibility index (Phi) is 6.01. The van der Waals surface area contributed by atoms with Gasteiger partial charge in [-0.2, -0.15) is 0 Å². The molecule has 17 heavy (non-hydrogen) atoms. The van der Waals surface area contributed by atoms with Gasteiger partial charge in [0.05, 0.1) is 0 Å². The Hall–Kier alpha value is -1.06. The van der Waals surface area contributed by atoms with Crippen molar-refractivity contribution in [3.05, 3.63) is 35.9 Å². The Balaban J connectivity index is 2.47. The van der Waals surface area contributed by atoms with E-state index in [4.69, 9.17) is 16.3 Å². The van der Waals surface area contributed by atoms with Crippen molar-refractivity contribution in [2.45, 2.75) is 24.8 Å². The zero-order valence-electron chi connectivity index (χ0n) is 10.2. The first-order valence-electron chi connectivity index (χ1n) is 5.63. The van der Waals surface area contributed by atoms with Crippen LogP contribution in [0.1, 0.15) is 24.3 Å². The van der Waals surface area contributed by atoms with Crippen LogP contribution in [0, 0.1) is 0 Å². The van der Waals surface area contributed by atoms with Crippen molar-refractivity contribution >= 4 is 17.5 Å². The summed E-state index contributed by atoms with van der Waals surface area (Å²) >= 11 is 6.09. The largest absolute Gasteiger partial charge is 0.385 e. The molecule has 3 nitrogen and oxygen atoms in total. The molecule has 2 atom stereocenters. The maximum absolute atomic E-state index is 11.8. The fourth-order valence-corrected chi connectivity index (χ4v) is 1.66. The number of carbonyl (C=O) groups is 1. The van der Waals surface area contributed by atoms with Crippen molar-refractivity contribution in [2.75, 3.05) is 13.7 Å². The third-order valence-electron chi connectivity index (χ3n) is 2.47. The number of benzene rings is 1. The van der Waals surface area contributed by atoms with Crippen molar-refractivity contribution in [3.8, 4) is 0 Å². The smallest absolute Gasteiger partial charge is 0.242 e. The van der Waals surface area contributed by atoms with Crippen LogP contribution in [0.25, 0.3) is 0 Å². The lowest BCUT2D eigenvalue weighted by atomic mass is 10.1. The molecule has 0 heterocycles. The first-order valence-corrected chi connectivity index (χ1v) is 6.07. The first kappa shape index (κ1) is 14.0. The van der Waals surface area contributed by atoms with E-state index in [1.807, 2.05) is 37.3 Å². The molecule has 0 fully saturated rings. The lowest BCUT2D eigenvalue weighted by Gasteiger charge is -2.16. The van der Waals surface area contributed by atoms with Crippen LogP contribution in [-0.4, -0.2) is 25.7 Å². The summed E-state index contributed by atoms with van der Waals surface area (Å²) in [5, 5.41) is 2.22. The van der Waals surface area contributed by atoms with Gasteiger partial charge in [0, 0.05) is 19.8 Å². The van der Waals surface area contributed by atoms with Crippen LogP contribution in [0.5, 0.6) is 0 Å². The molecular weight excluding hydrogens is 238 g/mol. The molecule has 0 aliphatic rings. The summed E-state index contributed by atoms with van der Waals surface area (Å²) in [6.45, 7) is 2.56. The van der Waals surface area contributed by atoms with Crippen molar-refractivity contribution in [3.63, 3.8) is 0 Å². The van der Waals surface area contributed by atoms with E-state index in [9.17, 15) is 4.79 Å². The average Bonchev–Trinajstić information content (AvgIpc) is 2.36. The quantitative estimate of drug-likeness (QED) is 0.794. The van der Waals surface area contributed by atoms with Crippen LogP contribution in [0.4, 0.5) is 0 Å². The van der Waals surface area contributed by atoms with Crippen molar-refractivity contribution in [1.29, 1.82) is 0 Å². The Labute approximate surface area is 107 Å². The molecular formula is C13H18ClNO2. The standard InChI is InChI=1S/C13H18ClNO2/c1-10(8-9-17-2)15-13(16)12(14)11-6-4-3-5-7-11/h3-7,10,12H,8-9H2,1-2H3,(H,15,16). The number of hydrogen-bond donors (Lipinski definition) is 1. The van der Waals surface area contributed by atoms with Gasteiger partial charge in [-0.25, -0.2) is 0 Å². The Bertz CT molecular complexity index is 343. The molecule has 0 bridgehead atoms. The number of halogens is 1. The van der Waals surface area contributed by atoms with Gasteiger partial charge in [0.1, 0.15) is 5.38 Å². The highest BCUT2D eigenvalue weighted by Gasteiger charge is 2.18. The lowest BCUT2D eigenvalue weighted by Crippen LogP contribution is -2.35. The number of ether oxygens (including phenoxy) is 1. The molecule has 0 aliphatic carbocycles. The van der Waals surface area contributed by atoms with Crippen molar-refractivity contribution < 1.29 is 9.53 Å². The molecule has 1 N–H and O–H groups in total. The number of alkyl halides is 1. The van der Waals surface area contributed by atoms with E-state index in [1.54, 1.807) is 7.11 Å². The molecule has 4 heteroatoms. The second-order valence-corrected chi connectivity index (χ2v) is 4.40. The summed E-state index contributed by atoms with van der Waals surface area (Å²) in [7, 11) is 1.64. The SMILES string of the molecule is COCCC(C)NC(=O)C(Cl)c1ccccc1. The summed E-state index contributed by atoms with van der Waals surface area (Å²) in [6, 6.07) is 9.38. The zero-order chi connectivity index (χ0) is 12.7. The summed E-state index contributed by atoms with van der Waals surface area (Å²) in [5.41, 5.74) is 0.811. The third-order valence-corrected chi connectivity index (χ3v) is 2.92. The highest BCUT2D eigenvalue weighted by atomic mass is 35.5. The Morgan fingerprint density at radius 1 is 1.41 bits per heavy atom. The highest BCUT2D eigenvalue weighted by molar-refractivity contribution is 6.30. The van der Waals surface area contributed by atoms with Gasteiger partial charge >= 0.3 is 0 Å². The van der Waals surface area contributed by atoms with E-state index in [-0.39, 0.29) is 11.9 Å². The summed E-state index contributed by atoms with van der Waals surface area (Å²) < 4.78 is 4.95. The minimum atomic E-state index is -0.638. The topological polar surface area (TPSA) is 38.3 Å². The van der Waals surface area contributed by atoms with Gasteiger partial charge in [-0.1, -0.05) is 30.3 Å². The number of carbonyl (C=O) groups excluding carboxylic acids is 1. The Morgan fingerprint density at radius 2 is 2.06 bits per heavy atom. The predicted octanol–water partition coefficient (Wildman–Crippen LogP) is 2.51. The number of methoxy groups -OCH3 is 1. The number of rotatable bonds is 6. The van der Waals surface area contributed by atoms with Gasteiger partial charge in [-0.3, -0.25) is 4.79 Å². The second-order valence-electron chi connectivity index (χ2n) is 3.96. The third kappa shape index (κ3) is 4.75. The monoisotopic (exact) mass is 255 g/mol. The van der Waals surface area contributed by atoms with E-state index in [2.05, 4.69) is 5.32 Å². The molecule has 1 rings (SSSR count). The molecule has 1 aromatic carbocycles. The minimum absolute atomic E-state index is 0.0624. The average molecular weight is 256 g/mol. The molecule has 2 unspecified atom stereocenters. The van der Waals surface area contributed by atoms with Gasteiger partial charge in [-0.05, 0) is 18.9 Å². The summed E-state index contributed by atoms with van der Waals surface area (Å²) in [4.78, 5) is 11.8. The normalized spacial score (nSPS) is 14.1. The lowest BCUT2D eigenvalue weighted by molar-refractivity contribution is -0.121. The van der Waals surface area contributed by atoms with Crippen LogP contribution in [0.3, 0.4) is 0 Å². The van der Waals surface area contributed by atoms with E-state index < -0.39 is 5.38 Å². The van der Waals surface area contributed by atoms with E-state index >= 15 is 0 Å². The molecule has 0 aromatic heterocycles. The number of amides is 1. The van der Waals surface area contributed by atoms with Gasteiger partial charge in [-0.15, -0.1) is 11.6 Å². The Morgan fingerprint density at radius 3 is 2.65 bits per heavy atom. The highest BCUT2D eigenvalue weighted by Crippen LogP contribution is 2.20. The molecule has 0 saturated carbocycles. The van der Waals surface area contributed by atoms with E-state index in [0.29, 0.717) is 6.61 Å². The van der Waals surface area contributed by atoms with Gasteiger partial charge in [0.25, 0.3) is 0 Å². The van der Waals surface area contributed by atoms with Crippen LogP contribution < -0.4 is 5.32 Å². The molecule has 0 spiro atoms. The van der Waals surface area contributed by atoms with E-state index in [0.717, 1.165) is 12.0 Å². The maximum atomic E-state index is 11.8. The molecule has 0 radical (unpaired) electrons. The fraction of sp³-hybridized carbons (Fsp3) is 0.462. The van der Waals surface area contributed by atoms with Crippen molar-refractivity contribution in [1.82, 2.24) is 5.32 Å². The minimum Gasteiger partial charge on any atom is -0.385 e. The van der Waals surface area contributed by atoms with Gasteiger partial charge in [0.15, 0.2) is 0 Å². The predicted molar refractivity (Wildman–Crippen MR) is 69.1 cm³/mol. The van der Waals surface area contributed by atoms with Crippen LogP contribution in [0.2, 0.25) is 0 Å². The molecule has 94 valence electrons. The zero-order valence-corrected chi connectivity index (χ0v) is 10.9. The molecule has 0 aliphatic heterocycles. The van der Waals surface area contributed by atoms with E-state index in [1.165, 1.54) is 0 Å². The van der Waals surface area contributed by atoms with Crippen molar-refractivity contribution in [2.24, 2.45) is 0 Å². The maximum Gasteiger partial charge on any atom is 0.242 e. The van der Waals surface area contributed by atoms with Gasteiger partial charge < -0.3 is 10.1 Å². The van der Waals surface area contributed by atoms with Crippen LogP contribution in [-0.2, 0) is 9.53 Å². The van der Waals surface area contributed by atoms with Crippen LogP contribution >= 0.6 is 11.6 Å². The van der Waals surface area contributed by atoms with Gasteiger partial charge in [0.2, 0.25) is 5.91 Å². The number of hydrogen-bond acceptors (Lipinski definition) is 2.